The zero-order valence-electron chi connectivity index (χ0n) is 11.2. The molecule has 5 nitrogen and oxygen atoms in total. The highest BCUT2D eigenvalue weighted by molar-refractivity contribution is 7.86. The van der Waals surface area contributed by atoms with Crippen LogP contribution >= 0.6 is 0 Å². The SMILES string of the molecule is Cc1cncc(S(=O)(=O)O)c1Nc1cccc(C(F)(F)F)c1. The van der Waals surface area contributed by atoms with E-state index in [1.54, 1.807) is 0 Å². The molecule has 0 bridgehead atoms. The Labute approximate surface area is 124 Å². The smallest absolute Gasteiger partial charge is 0.354 e. The molecule has 0 spiro atoms. The molecule has 2 N–H and O–H groups in total. The number of hydrogen-bond acceptors (Lipinski definition) is 4. The quantitative estimate of drug-likeness (QED) is 0.842. The number of anilines is 2. The van der Waals surface area contributed by atoms with Crippen molar-refractivity contribution < 1.29 is 26.1 Å². The molecule has 2 aromatic rings. The predicted octanol–water partition coefficient (Wildman–Crippen LogP) is 3.40. The Morgan fingerprint density at radius 3 is 2.50 bits per heavy atom. The summed E-state index contributed by atoms with van der Waals surface area (Å²) >= 11 is 0. The largest absolute Gasteiger partial charge is 0.416 e. The van der Waals surface area contributed by atoms with Crippen LogP contribution in [0, 0.1) is 6.92 Å². The summed E-state index contributed by atoms with van der Waals surface area (Å²) in [6.07, 6.45) is -2.28. The van der Waals surface area contributed by atoms with Gasteiger partial charge in [0.2, 0.25) is 0 Å². The summed E-state index contributed by atoms with van der Waals surface area (Å²) < 4.78 is 69.8. The zero-order chi connectivity index (χ0) is 16.5. The highest BCUT2D eigenvalue weighted by Crippen LogP contribution is 2.33. The van der Waals surface area contributed by atoms with Crippen molar-refractivity contribution >= 4 is 21.5 Å². The van der Waals surface area contributed by atoms with E-state index in [1.807, 2.05) is 0 Å². The van der Waals surface area contributed by atoms with Crippen LogP contribution in [0.1, 0.15) is 11.1 Å². The number of nitrogens with zero attached hydrogens (tertiary/aromatic N) is 1. The molecular weight excluding hydrogens is 321 g/mol. The lowest BCUT2D eigenvalue weighted by atomic mass is 10.2. The third-order valence-corrected chi connectivity index (χ3v) is 3.70. The predicted molar refractivity (Wildman–Crippen MR) is 73.5 cm³/mol. The molecule has 0 aliphatic rings. The van der Waals surface area contributed by atoms with Gasteiger partial charge < -0.3 is 5.32 Å². The Morgan fingerprint density at radius 1 is 1.23 bits per heavy atom. The number of pyridine rings is 1. The summed E-state index contributed by atoms with van der Waals surface area (Å²) in [5, 5.41) is 2.58. The van der Waals surface area contributed by atoms with Crippen LogP contribution in [0.3, 0.4) is 0 Å². The minimum atomic E-state index is -4.56. The van der Waals surface area contributed by atoms with Crippen molar-refractivity contribution in [1.29, 1.82) is 0 Å². The van der Waals surface area contributed by atoms with Gasteiger partial charge in [0.15, 0.2) is 0 Å². The highest BCUT2D eigenvalue weighted by atomic mass is 32.2. The van der Waals surface area contributed by atoms with Gasteiger partial charge in [0, 0.05) is 11.9 Å². The standard InChI is InChI=1S/C13H11F3N2O3S/c1-8-6-17-7-11(22(19,20)21)12(8)18-10-4-2-3-9(5-10)13(14,15)16/h2-7H,1H3,(H,17,18)(H,19,20,21). The second kappa shape index (κ2) is 5.58. The van der Waals surface area contributed by atoms with Gasteiger partial charge in [0.1, 0.15) is 4.90 Å². The Bertz CT molecular complexity index is 804. The van der Waals surface area contributed by atoms with E-state index < -0.39 is 26.8 Å². The molecule has 0 fully saturated rings. The first-order valence-electron chi connectivity index (χ1n) is 5.95. The van der Waals surface area contributed by atoms with Crippen molar-refractivity contribution in [3.63, 3.8) is 0 Å². The number of halogens is 3. The highest BCUT2D eigenvalue weighted by Gasteiger charge is 2.30. The van der Waals surface area contributed by atoms with Gasteiger partial charge in [-0.3, -0.25) is 9.54 Å². The number of alkyl halides is 3. The molecule has 2 rings (SSSR count). The second-order valence-electron chi connectivity index (χ2n) is 4.51. The molecule has 0 saturated carbocycles. The van der Waals surface area contributed by atoms with Crippen molar-refractivity contribution in [2.75, 3.05) is 5.32 Å². The van der Waals surface area contributed by atoms with Crippen LogP contribution in [-0.4, -0.2) is 18.0 Å². The molecule has 0 radical (unpaired) electrons. The van der Waals surface area contributed by atoms with Crippen LogP contribution in [-0.2, 0) is 16.3 Å². The van der Waals surface area contributed by atoms with E-state index in [0.717, 1.165) is 18.3 Å². The van der Waals surface area contributed by atoms with Crippen molar-refractivity contribution in [1.82, 2.24) is 4.98 Å². The maximum Gasteiger partial charge on any atom is 0.416 e. The van der Waals surface area contributed by atoms with Gasteiger partial charge in [0.05, 0.1) is 17.4 Å². The van der Waals surface area contributed by atoms with Crippen LogP contribution in [0.2, 0.25) is 0 Å². The van der Waals surface area contributed by atoms with Gasteiger partial charge in [0.25, 0.3) is 10.1 Å². The fourth-order valence-electron chi connectivity index (χ4n) is 1.81. The Balaban J connectivity index is 2.49. The first-order chi connectivity index (χ1) is 10.1. The minimum Gasteiger partial charge on any atom is -0.354 e. The minimum absolute atomic E-state index is 0.0307. The molecule has 0 atom stereocenters. The van der Waals surface area contributed by atoms with E-state index >= 15 is 0 Å². The van der Waals surface area contributed by atoms with E-state index in [1.165, 1.54) is 25.3 Å². The first kappa shape index (κ1) is 16.2. The Morgan fingerprint density at radius 2 is 1.91 bits per heavy atom. The zero-order valence-corrected chi connectivity index (χ0v) is 12.0. The topological polar surface area (TPSA) is 79.3 Å². The Kier molecular flexibility index (Phi) is 4.12. The maximum absolute atomic E-state index is 12.7. The fourth-order valence-corrected chi connectivity index (χ4v) is 2.48. The van der Waals surface area contributed by atoms with Crippen LogP contribution in [0.4, 0.5) is 24.5 Å². The van der Waals surface area contributed by atoms with E-state index in [2.05, 4.69) is 10.3 Å². The molecule has 1 heterocycles. The summed E-state index contributed by atoms with van der Waals surface area (Å²) in [5.41, 5.74) is -0.518. The van der Waals surface area contributed by atoms with E-state index in [9.17, 15) is 21.6 Å². The molecule has 118 valence electrons. The molecule has 0 saturated heterocycles. The summed E-state index contributed by atoms with van der Waals surface area (Å²) in [7, 11) is -4.56. The van der Waals surface area contributed by atoms with Crippen LogP contribution in [0.25, 0.3) is 0 Å². The number of aryl methyl sites for hydroxylation is 1. The summed E-state index contributed by atoms with van der Waals surface area (Å²) in [4.78, 5) is 3.14. The molecule has 0 unspecified atom stereocenters. The third-order valence-electron chi connectivity index (χ3n) is 2.84. The summed E-state index contributed by atoms with van der Waals surface area (Å²) in [6, 6.07) is 4.28. The van der Waals surface area contributed by atoms with Crippen molar-refractivity contribution in [3.05, 3.63) is 47.8 Å². The molecule has 9 heteroatoms. The van der Waals surface area contributed by atoms with E-state index in [0.29, 0.717) is 5.56 Å². The summed E-state index contributed by atoms with van der Waals surface area (Å²) in [5.74, 6) is 0. The van der Waals surface area contributed by atoms with Crippen LogP contribution in [0.5, 0.6) is 0 Å². The number of rotatable bonds is 3. The average molecular weight is 332 g/mol. The van der Waals surface area contributed by atoms with Crippen molar-refractivity contribution in [2.24, 2.45) is 0 Å². The molecule has 22 heavy (non-hydrogen) atoms. The molecule has 0 aliphatic heterocycles. The van der Waals surface area contributed by atoms with E-state index in [-0.39, 0.29) is 11.4 Å². The average Bonchev–Trinajstić information content (AvgIpc) is 2.39. The lowest BCUT2D eigenvalue weighted by Crippen LogP contribution is -2.08. The van der Waals surface area contributed by atoms with Gasteiger partial charge in [-0.2, -0.15) is 21.6 Å². The van der Waals surface area contributed by atoms with Crippen molar-refractivity contribution in [2.45, 2.75) is 18.0 Å². The van der Waals surface area contributed by atoms with Gasteiger partial charge in [-0.1, -0.05) is 6.07 Å². The summed E-state index contributed by atoms with van der Waals surface area (Å²) in [6.45, 7) is 1.51. The molecule has 0 aliphatic carbocycles. The maximum atomic E-state index is 12.7. The lowest BCUT2D eigenvalue weighted by Gasteiger charge is -2.14. The Hall–Kier alpha value is -2.13. The lowest BCUT2D eigenvalue weighted by molar-refractivity contribution is -0.137. The van der Waals surface area contributed by atoms with Gasteiger partial charge in [-0.25, -0.2) is 0 Å². The van der Waals surface area contributed by atoms with Crippen molar-refractivity contribution in [3.8, 4) is 0 Å². The van der Waals surface area contributed by atoms with Crippen LogP contribution in [0.15, 0.2) is 41.6 Å². The van der Waals surface area contributed by atoms with Crippen LogP contribution < -0.4 is 5.32 Å². The van der Waals surface area contributed by atoms with E-state index in [4.69, 9.17) is 4.55 Å². The number of benzene rings is 1. The van der Waals surface area contributed by atoms with Gasteiger partial charge >= 0.3 is 6.18 Å². The first-order valence-corrected chi connectivity index (χ1v) is 7.39. The molecule has 1 aromatic heterocycles. The normalized spacial score (nSPS) is 12.2. The number of hydrogen-bond donors (Lipinski definition) is 2. The van der Waals surface area contributed by atoms with Gasteiger partial charge in [-0.05, 0) is 30.7 Å². The molecule has 1 aromatic carbocycles. The number of aromatic nitrogens is 1. The third kappa shape index (κ3) is 3.55. The fraction of sp³-hybridized carbons (Fsp3) is 0.154. The monoisotopic (exact) mass is 332 g/mol. The molecule has 0 amide bonds. The number of nitrogens with one attached hydrogen (secondary N) is 1. The second-order valence-corrected chi connectivity index (χ2v) is 5.90. The molecular formula is C13H11F3N2O3S. The van der Waals surface area contributed by atoms with Gasteiger partial charge in [-0.15, -0.1) is 0 Å².